The Morgan fingerprint density at radius 1 is 1.12 bits per heavy atom. The van der Waals surface area contributed by atoms with Crippen molar-refractivity contribution in [3.8, 4) is 0 Å². The van der Waals surface area contributed by atoms with E-state index >= 15 is 0 Å². The van der Waals surface area contributed by atoms with Crippen molar-refractivity contribution in [3.05, 3.63) is 77.9 Å². The van der Waals surface area contributed by atoms with Gasteiger partial charge in [-0.15, -0.1) is 0 Å². The summed E-state index contributed by atoms with van der Waals surface area (Å²) in [6.45, 7) is 6.32. The molecule has 3 nitrogen and oxygen atoms in total. The quantitative estimate of drug-likeness (QED) is 0.794. The summed E-state index contributed by atoms with van der Waals surface area (Å²) in [6.07, 6.45) is 0.544. The Morgan fingerprint density at radius 2 is 1.83 bits per heavy atom. The predicted molar refractivity (Wildman–Crippen MR) is 92.3 cm³/mol. The van der Waals surface area contributed by atoms with Crippen molar-refractivity contribution in [1.82, 2.24) is 0 Å². The number of ether oxygens (including phenoxy) is 2. The maximum absolute atomic E-state index is 11.9. The average molecular weight is 320 g/mol. The molecule has 2 fully saturated rings. The van der Waals surface area contributed by atoms with Crippen molar-refractivity contribution in [1.29, 1.82) is 0 Å². The third kappa shape index (κ3) is 2.36. The molecule has 0 aliphatic carbocycles. The van der Waals surface area contributed by atoms with Crippen LogP contribution in [-0.2, 0) is 14.3 Å². The second-order valence-electron chi connectivity index (χ2n) is 6.64. The molecule has 4 rings (SSSR count). The van der Waals surface area contributed by atoms with Crippen molar-refractivity contribution in [2.24, 2.45) is 0 Å². The zero-order chi connectivity index (χ0) is 16.7. The van der Waals surface area contributed by atoms with E-state index in [9.17, 15) is 4.79 Å². The van der Waals surface area contributed by atoms with Gasteiger partial charge in [0.15, 0.2) is 5.60 Å². The second kappa shape index (κ2) is 5.60. The first-order valence-corrected chi connectivity index (χ1v) is 8.27. The summed E-state index contributed by atoms with van der Waals surface area (Å²) in [5.41, 5.74) is 3.39. The first kappa shape index (κ1) is 15.2. The van der Waals surface area contributed by atoms with E-state index in [0.717, 1.165) is 16.7 Å². The minimum Gasteiger partial charge on any atom is -0.451 e. The number of hydrogen-bond acceptors (Lipinski definition) is 3. The molecule has 0 saturated carbocycles. The fraction of sp³-hybridized carbons (Fsp3) is 0.286. The normalized spacial score (nSPS) is 28.5. The molecule has 3 atom stereocenters. The molecule has 2 unspecified atom stereocenters. The molecule has 24 heavy (non-hydrogen) atoms. The number of rotatable bonds is 3. The van der Waals surface area contributed by atoms with Gasteiger partial charge in [-0.3, -0.25) is 4.79 Å². The van der Waals surface area contributed by atoms with E-state index in [-0.39, 0.29) is 24.6 Å². The molecule has 2 aromatic rings. The zero-order valence-electron chi connectivity index (χ0n) is 13.7. The molecule has 2 saturated heterocycles. The van der Waals surface area contributed by atoms with E-state index in [4.69, 9.17) is 9.47 Å². The summed E-state index contributed by atoms with van der Waals surface area (Å²) < 4.78 is 12.0. The van der Waals surface area contributed by atoms with Crippen LogP contribution in [0.15, 0.2) is 61.2 Å². The SMILES string of the molecule is C=C(c1ccccc1)[C@@]12CC(c3ccc(C)cc3)OC1CC(=O)O2. The highest BCUT2D eigenvalue weighted by Crippen LogP contribution is 2.52. The molecule has 0 N–H and O–H groups in total. The van der Waals surface area contributed by atoms with E-state index < -0.39 is 5.60 Å². The maximum Gasteiger partial charge on any atom is 0.309 e. The third-order valence-corrected chi connectivity index (χ3v) is 5.07. The number of hydrogen-bond donors (Lipinski definition) is 0. The van der Waals surface area contributed by atoms with E-state index in [1.54, 1.807) is 0 Å². The zero-order valence-corrected chi connectivity index (χ0v) is 13.7. The Morgan fingerprint density at radius 3 is 2.54 bits per heavy atom. The Labute approximate surface area is 141 Å². The van der Waals surface area contributed by atoms with Crippen LogP contribution in [0.2, 0.25) is 0 Å². The molecule has 2 heterocycles. The van der Waals surface area contributed by atoms with Crippen LogP contribution in [-0.4, -0.2) is 17.7 Å². The minimum absolute atomic E-state index is 0.0795. The van der Waals surface area contributed by atoms with E-state index in [0.29, 0.717) is 6.42 Å². The van der Waals surface area contributed by atoms with Crippen LogP contribution < -0.4 is 0 Å². The van der Waals surface area contributed by atoms with Crippen molar-refractivity contribution in [2.45, 2.75) is 37.6 Å². The van der Waals surface area contributed by atoms with Crippen LogP contribution in [0, 0.1) is 6.92 Å². The van der Waals surface area contributed by atoms with Gasteiger partial charge in [-0.1, -0.05) is 66.7 Å². The Balaban J connectivity index is 1.68. The van der Waals surface area contributed by atoms with E-state index in [1.165, 1.54) is 5.56 Å². The van der Waals surface area contributed by atoms with Gasteiger partial charge in [0, 0.05) is 6.42 Å². The van der Waals surface area contributed by atoms with Gasteiger partial charge in [0.25, 0.3) is 0 Å². The Bertz CT molecular complexity index is 778. The number of fused-ring (bicyclic) bond motifs is 1. The molecule has 2 aliphatic rings. The average Bonchev–Trinajstić information content (AvgIpc) is 3.09. The molecular formula is C21H20O3. The minimum atomic E-state index is -0.756. The maximum atomic E-state index is 11.9. The number of benzene rings is 2. The summed E-state index contributed by atoms with van der Waals surface area (Å²) in [6, 6.07) is 18.2. The number of carbonyl (C=O) groups excluding carboxylic acids is 1. The number of aryl methyl sites for hydroxylation is 1. The van der Waals surface area contributed by atoms with Crippen LogP contribution >= 0.6 is 0 Å². The lowest BCUT2D eigenvalue weighted by Crippen LogP contribution is -2.36. The molecule has 0 amide bonds. The van der Waals surface area contributed by atoms with E-state index in [2.05, 4.69) is 37.8 Å². The number of carbonyl (C=O) groups is 1. The molecule has 2 aromatic carbocycles. The fourth-order valence-corrected chi connectivity index (χ4v) is 3.72. The summed E-state index contributed by atoms with van der Waals surface area (Å²) in [5.74, 6) is -0.209. The molecule has 0 radical (unpaired) electrons. The van der Waals surface area contributed by atoms with Crippen molar-refractivity contribution in [3.63, 3.8) is 0 Å². The monoisotopic (exact) mass is 320 g/mol. The van der Waals surface area contributed by atoms with Gasteiger partial charge in [-0.05, 0) is 23.6 Å². The smallest absolute Gasteiger partial charge is 0.309 e. The summed E-state index contributed by atoms with van der Waals surface area (Å²) in [7, 11) is 0. The van der Waals surface area contributed by atoms with Crippen LogP contribution in [0.4, 0.5) is 0 Å². The second-order valence-corrected chi connectivity index (χ2v) is 6.64. The van der Waals surface area contributed by atoms with Crippen LogP contribution in [0.1, 0.15) is 35.6 Å². The standard InChI is InChI=1S/C21H20O3/c1-14-8-10-17(11-9-14)18-13-21(19(23-18)12-20(22)24-21)15(2)16-6-4-3-5-7-16/h3-11,18-19H,2,12-13H2,1H3/t18?,19?,21-/m0/s1. The first-order valence-electron chi connectivity index (χ1n) is 8.27. The van der Waals surface area contributed by atoms with E-state index in [1.807, 2.05) is 30.3 Å². The van der Waals surface area contributed by atoms with Gasteiger partial charge in [-0.25, -0.2) is 0 Å². The molecule has 0 aromatic heterocycles. The highest BCUT2D eigenvalue weighted by atomic mass is 16.6. The summed E-state index contributed by atoms with van der Waals surface area (Å²) in [4.78, 5) is 11.9. The lowest BCUT2D eigenvalue weighted by Gasteiger charge is -2.28. The lowest BCUT2D eigenvalue weighted by molar-refractivity contribution is -0.144. The largest absolute Gasteiger partial charge is 0.451 e. The first-order chi connectivity index (χ1) is 11.6. The third-order valence-electron chi connectivity index (χ3n) is 5.07. The summed E-state index contributed by atoms with van der Waals surface area (Å²) in [5, 5.41) is 0. The van der Waals surface area contributed by atoms with Crippen molar-refractivity contribution < 1.29 is 14.3 Å². The summed E-state index contributed by atoms with van der Waals surface area (Å²) >= 11 is 0. The molecule has 0 bridgehead atoms. The molecule has 2 aliphatic heterocycles. The van der Waals surface area contributed by atoms with Gasteiger partial charge >= 0.3 is 5.97 Å². The topological polar surface area (TPSA) is 35.5 Å². The van der Waals surface area contributed by atoms with Crippen LogP contribution in [0.3, 0.4) is 0 Å². The van der Waals surface area contributed by atoms with Crippen molar-refractivity contribution in [2.75, 3.05) is 0 Å². The van der Waals surface area contributed by atoms with Gasteiger partial charge in [0.1, 0.15) is 6.10 Å². The molecule has 0 spiro atoms. The highest BCUT2D eigenvalue weighted by Gasteiger charge is 2.58. The predicted octanol–water partition coefficient (Wildman–Crippen LogP) is 4.22. The van der Waals surface area contributed by atoms with Crippen LogP contribution in [0.25, 0.3) is 5.57 Å². The van der Waals surface area contributed by atoms with Gasteiger partial charge in [0.2, 0.25) is 0 Å². The van der Waals surface area contributed by atoms with Gasteiger partial charge < -0.3 is 9.47 Å². The van der Waals surface area contributed by atoms with Crippen LogP contribution in [0.5, 0.6) is 0 Å². The molecule has 122 valence electrons. The fourth-order valence-electron chi connectivity index (χ4n) is 3.72. The molecule has 3 heteroatoms. The van der Waals surface area contributed by atoms with Crippen molar-refractivity contribution >= 4 is 11.5 Å². The Kier molecular flexibility index (Phi) is 3.54. The lowest BCUT2D eigenvalue weighted by atomic mass is 9.82. The van der Waals surface area contributed by atoms with Gasteiger partial charge in [-0.2, -0.15) is 0 Å². The Hall–Kier alpha value is -2.39. The van der Waals surface area contributed by atoms with Gasteiger partial charge in [0.05, 0.1) is 12.5 Å². The highest BCUT2D eigenvalue weighted by molar-refractivity contribution is 5.82. The number of esters is 1. The molecular weight excluding hydrogens is 300 g/mol.